The third kappa shape index (κ3) is 3.91. The Balaban J connectivity index is 1.35. The second-order valence-corrected chi connectivity index (χ2v) is 10.2. The van der Waals surface area contributed by atoms with E-state index in [0.29, 0.717) is 30.0 Å². The third-order valence-corrected chi connectivity index (χ3v) is 8.29. The minimum Gasteiger partial charge on any atom is -0.342 e. The molecule has 0 spiro atoms. The van der Waals surface area contributed by atoms with Gasteiger partial charge in [-0.3, -0.25) is 14.6 Å². The van der Waals surface area contributed by atoms with Gasteiger partial charge in [0.1, 0.15) is 11.2 Å². The average Bonchev–Trinajstić information content (AvgIpc) is 3.29. The Hall–Kier alpha value is -1.25. The van der Waals surface area contributed by atoms with Crippen molar-refractivity contribution in [3.05, 3.63) is 0 Å². The monoisotopic (exact) mass is 417 g/mol. The number of hydrogen-bond donors (Lipinski definition) is 1. The van der Waals surface area contributed by atoms with Crippen LogP contribution in [0.15, 0.2) is 4.99 Å². The van der Waals surface area contributed by atoms with Crippen LogP contribution < -0.4 is 5.32 Å². The second-order valence-electron chi connectivity index (χ2n) is 8.79. The average molecular weight is 417 g/mol. The molecule has 0 radical (unpaired) electrons. The van der Waals surface area contributed by atoms with E-state index in [1.54, 1.807) is 0 Å². The van der Waals surface area contributed by atoms with Gasteiger partial charge in [-0.1, -0.05) is 18.2 Å². The molecular formula is C19H26F3N3O2S. The Morgan fingerprint density at radius 2 is 1.96 bits per heavy atom. The number of amides is 2. The molecule has 2 bridgehead atoms. The van der Waals surface area contributed by atoms with E-state index in [9.17, 15) is 22.8 Å². The molecule has 9 heteroatoms. The summed E-state index contributed by atoms with van der Waals surface area (Å²) < 4.78 is 36.7. The van der Waals surface area contributed by atoms with Crippen molar-refractivity contribution in [3.8, 4) is 0 Å². The molecule has 2 amide bonds. The van der Waals surface area contributed by atoms with E-state index in [1.165, 1.54) is 35.9 Å². The number of alkyl halides is 3. The van der Waals surface area contributed by atoms with Crippen LogP contribution in [-0.4, -0.2) is 51.9 Å². The van der Waals surface area contributed by atoms with Crippen molar-refractivity contribution in [3.63, 3.8) is 0 Å². The van der Waals surface area contributed by atoms with E-state index in [1.807, 2.05) is 6.92 Å². The van der Waals surface area contributed by atoms with E-state index in [2.05, 4.69) is 5.32 Å². The maximum absolute atomic E-state index is 12.7. The molecule has 4 fully saturated rings. The lowest BCUT2D eigenvalue weighted by atomic mass is 9.84. The van der Waals surface area contributed by atoms with E-state index in [-0.39, 0.29) is 24.9 Å². The van der Waals surface area contributed by atoms with Gasteiger partial charge in [0.25, 0.3) is 0 Å². The lowest BCUT2D eigenvalue weighted by Gasteiger charge is -2.38. The van der Waals surface area contributed by atoms with Gasteiger partial charge in [0, 0.05) is 13.1 Å². The summed E-state index contributed by atoms with van der Waals surface area (Å²) in [7, 11) is 0. The first kappa shape index (κ1) is 20.0. The maximum Gasteiger partial charge on any atom is 0.397 e. The van der Waals surface area contributed by atoms with Crippen molar-refractivity contribution in [2.24, 2.45) is 22.7 Å². The smallest absolute Gasteiger partial charge is 0.342 e. The fraction of sp³-hybridized carbons (Fsp3) is 0.842. The highest BCUT2D eigenvalue weighted by Gasteiger charge is 2.50. The summed E-state index contributed by atoms with van der Waals surface area (Å²) in [5.41, 5.74) is 0. The summed E-state index contributed by atoms with van der Waals surface area (Å²) in [4.78, 5) is 30.6. The number of carbonyl (C=O) groups is 2. The van der Waals surface area contributed by atoms with Crippen LogP contribution in [0.4, 0.5) is 13.2 Å². The summed E-state index contributed by atoms with van der Waals surface area (Å²) in [6, 6.07) is 0.311. The first-order valence-electron chi connectivity index (χ1n) is 10.1. The molecule has 4 atom stereocenters. The van der Waals surface area contributed by atoms with Gasteiger partial charge in [0.15, 0.2) is 5.17 Å². The SMILES string of the molecule is CC1(C2CCN(C(=O)CC(F)(F)F)CC2)SC(=N[C@H]2C[C@@H]3CC[C@H]2C3)NC1=O. The Labute approximate surface area is 166 Å². The molecule has 4 rings (SSSR count). The Morgan fingerprint density at radius 3 is 2.54 bits per heavy atom. The number of halogens is 3. The molecule has 0 aromatic rings. The summed E-state index contributed by atoms with van der Waals surface area (Å²) in [6.45, 7) is 2.43. The zero-order valence-electron chi connectivity index (χ0n) is 15.9. The fourth-order valence-electron chi connectivity index (χ4n) is 5.30. The van der Waals surface area contributed by atoms with Gasteiger partial charge in [-0.2, -0.15) is 13.2 Å². The number of rotatable bonds is 3. The number of thioether (sulfide) groups is 1. The molecule has 5 nitrogen and oxygen atoms in total. The molecule has 2 saturated carbocycles. The van der Waals surface area contributed by atoms with Crippen molar-refractivity contribution in [2.75, 3.05) is 13.1 Å². The van der Waals surface area contributed by atoms with Crippen LogP contribution in [0.3, 0.4) is 0 Å². The highest BCUT2D eigenvalue weighted by atomic mass is 32.2. The summed E-state index contributed by atoms with van der Waals surface area (Å²) in [5, 5.41) is 3.63. The number of nitrogens with zero attached hydrogens (tertiary/aromatic N) is 2. The van der Waals surface area contributed by atoms with Crippen LogP contribution in [0.5, 0.6) is 0 Å². The van der Waals surface area contributed by atoms with E-state index in [4.69, 9.17) is 4.99 Å². The largest absolute Gasteiger partial charge is 0.397 e. The molecule has 1 N–H and O–H groups in total. The predicted molar refractivity (Wildman–Crippen MR) is 101 cm³/mol. The van der Waals surface area contributed by atoms with Crippen molar-refractivity contribution < 1.29 is 22.8 Å². The number of fused-ring (bicyclic) bond motifs is 2. The van der Waals surface area contributed by atoms with Gasteiger partial charge in [0.05, 0.1) is 6.04 Å². The number of carbonyl (C=O) groups excluding carboxylic acids is 2. The van der Waals surface area contributed by atoms with Gasteiger partial charge in [-0.05, 0) is 56.8 Å². The first-order valence-corrected chi connectivity index (χ1v) is 10.9. The molecule has 2 saturated heterocycles. The molecule has 28 heavy (non-hydrogen) atoms. The zero-order chi connectivity index (χ0) is 20.1. The van der Waals surface area contributed by atoms with E-state index < -0.39 is 23.3 Å². The quantitative estimate of drug-likeness (QED) is 0.766. The predicted octanol–water partition coefficient (Wildman–Crippen LogP) is 3.34. The van der Waals surface area contributed by atoms with Crippen LogP contribution in [0.1, 0.15) is 51.9 Å². The van der Waals surface area contributed by atoms with Crippen LogP contribution in [-0.2, 0) is 9.59 Å². The number of likely N-dealkylation sites (tertiary alicyclic amines) is 1. The Kier molecular flexibility index (Phi) is 5.17. The number of nitrogens with one attached hydrogen (secondary N) is 1. The number of hydrogen-bond acceptors (Lipinski definition) is 4. The highest BCUT2D eigenvalue weighted by molar-refractivity contribution is 8.16. The van der Waals surface area contributed by atoms with Gasteiger partial charge < -0.3 is 10.2 Å². The lowest BCUT2D eigenvalue weighted by Crippen LogP contribution is -2.48. The van der Waals surface area contributed by atoms with Gasteiger partial charge in [-0.25, -0.2) is 0 Å². The second kappa shape index (κ2) is 7.22. The third-order valence-electron chi connectivity index (χ3n) is 6.94. The molecule has 0 aromatic carbocycles. The number of piperidine rings is 1. The molecule has 4 aliphatic rings. The summed E-state index contributed by atoms with van der Waals surface area (Å²) >= 11 is 1.47. The van der Waals surface area contributed by atoms with Crippen molar-refractivity contribution in [2.45, 2.75) is 68.8 Å². The number of amidine groups is 1. The molecular weight excluding hydrogens is 391 g/mol. The van der Waals surface area contributed by atoms with Crippen LogP contribution in [0, 0.1) is 17.8 Å². The topological polar surface area (TPSA) is 61.8 Å². The standard InChI is InChI=1S/C19H26F3N3O2S/c1-18(13-4-6-25(7-5-13)15(26)10-19(20,21)22)16(27)24-17(28-18)23-14-9-11-2-3-12(14)8-11/h11-14H,2-10H2,1H3,(H,23,24,27)/t11-,12+,14+,18?/m1/s1. The molecule has 0 aromatic heterocycles. The van der Waals surface area contributed by atoms with Crippen molar-refractivity contribution in [1.82, 2.24) is 10.2 Å². The zero-order valence-corrected chi connectivity index (χ0v) is 16.7. The minimum atomic E-state index is -4.48. The van der Waals surface area contributed by atoms with Gasteiger partial charge >= 0.3 is 6.18 Å². The van der Waals surface area contributed by atoms with Crippen molar-refractivity contribution in [1.29, 1.82) is 0 Å². The van der Waals surface area contributed by atoms with Crippen LogP contribution in [0.25, 0.3) is 0 Å². The lowest BCUT2D eigenvalue weighted by molar-refractivity contribution is -0.162. The molecule has 2 aliphatic heterocycles. The first-order chi connectivity index (χ1) is 13.1. The molecule has 2 heterocycles. The van der Waals surface area contributed by atoms with E-state index >= 15 is 0 Å². The molecule has 2 aliphatic carbocycles. The maximum atomic E-state index is 12.7. The number of aliphatic imine (C=N–C) groups is 1. The highest BCUT2D eigenvalue weighted by Crippen LogP contribution is 2.48. The molecule has 1 unspecified atom stereocenters. The normalized spacial score (nSPS) is 37.7. The van der Waals surface area contributed by atoms with Gasteiger partial charge in [0.2, 0.25) is 11.8 Å². The Bertz CT molecular complexity index is 690. The van der Waals surface area contributed by atoms with Crippen molar-refractivity contribution >= 4 is 28.7 Å². The summed E-state index contributed by atoms with van der Waals surface area (Å²) in [6.07, 6.45) is 0.0601. The fourth-order valence-corrected chi connectivity index (χ4v) is 6.58. The molecule has 156 valence electrons. The Morgan fingerprint density at radius 1 is 1.25 bits per heavy atom. The van der Waals surface area contributed by atoms with Crippen LogP contribution >= 0.6 is 11.8 Å². The van der Waals surface area contributed by atoms with Crippen LogP contribution in [0.2, 0.25) is 0 Å². The van der Waals surface area contributed by atoms with Gasteiger partial charge in [-0.15, -0.1) is 0 Å². The minimum absolute atomic E-state index is 0.0140. The summed E-state index contributed by atoms with van der Waals surface area (Å²) in [5.74, 6) is 0.494. The van der Waals surface area contributed by atoms with E-state index in [0.717, 1.165) is 12.3 Å².